The highest BCUT2D eigenvalue weighted by molar-refractivity contribution is 5.83. The first-order chi connectivity index (χ1) is 10.4. The first-order valence-electron chi connectivity index (χ1n) is 7.57. The van der Waals surface area contributed by atoms with E-state index in [0.717, 1.165) is 25.0 Å². The van der Waals surface area contributed by atoms with Crippen LogP contribution in [0, 0.1) is 11.8 Å². The summed E-state index contributed by atoms with van der Waals surface area (Å²) in [5.74, 6) is 0.0562. The van der Waals surface area contributed by atoms with Crippen molar-refractivity contribution in [3.63, 3.8) is 0 Å². The molecule has 3 nitrogen and oxygen atoms in total. The Bertz CT molecular complexity index is 569. The number of halogens is 3. The second-order valence-corrected chi connectivity index (χ2v) is 6.26. The summed E-state index contributed by atoms with van der Waals surface area (Å²) in [5.41, 5.74) is 5.59. The van der Waals surface area contributed by atoms with Gasteiger partial charge in [-0.25, -0.2) is 0 Å². The Balaban J connectivity index is 1.63. The normalized spacial score (nSPS) is 25.6. The molecule has 2 fully saturated rings. The second-order valence-electron chi connectivity index (χ2n) is 6.26. The van der Waals surface area contributed by atoms with E-state index in [1.165, 1.54) is 6.07 Å². The molecular formula is C16H19F3N2O. The fourth-order valence-electron chi connectivity index (χ4n) is 2.96. The van der Waals surface area contributed by atoms with E-state index in [9.17, 15) is 18.0 Å². The number of carbonyl (C=O) groups is 1. The Morgan fingerprint density at radius 2 is 2.09 bits per heavy atom. The summed E-state index contributed by atoms with van der Waals surface area (Å²) < 4.78 is 38.2. The fourth-order valence-corrected chi connectivity index (χ4v) is 2.96. The highest BCUT2D eigenvalue weighted by Crippen LogP contribution is 2.48. The van der Waals surface area contributed by atoms with E-state index in [1.807, 2.05) is 0 Å². The minimum absolute atomic E-state index is 0.00950. The van der Waals surface area contributed by atoms with Crippen LogP contribution >= 0.6 is 0 Å². The van der Waals surface area contributed by atoms with Crippen LogP contribution in [-0.4, -0.2) is 18.5 Å². The van der Waals surface area contributed by atoms with Gasteiger partial charge in [-0.2, -0.15) is 13.2 Å². The zero-order valence-electron chi connectivity index (χ0n) is 12.1. The molecule has 6 heteroatoms. The molecule has 0 radical (unpaired) electrons. The molecule has 0 saturated heterocycles. The van der Waals surface area contributed by atoms with Gasteiger partial charge in [-0.3, -0.25) is 4.79 Å². The lowest BCUT2D eigenvalue weighted by Crippen LogP contribution is -2.42. The van der Waals surface area contributed by atoms with Crippen molar-refractivity contribution < 1.29 is 18.0 Å². The smallest absolute Gasteiger partial charge is 0.352 e. The van der Waals surface area contributed by atoms with Crippen LogP contribution in [0.2, 0.25) is 0 Å². The zero-order valence-corrected chi connectivity index (χ0v) is 12.1. The molecule has 1 aromatic carbocycles. The molecule has 120 valence electrons. The molecule has 0 heterocycles. The standard InChI is InChI=1S/C16H19F3N2O/c17-16(18,19)11-3-1-2-10(6-11)12-7-13(12)15(22)21-14(8-20)9-4-5-9/h1-3,6,9,12-14H,4-5,7-8,20H2,(H,21,22). The van der Waals surface area contributed by atoms with Crippen molar-refractivity contribution in [2.45, 2.75) is 37.4 Å². The Hall–Kier alpha value is -1.56. The van der Waals surface area contributed by atoms with Crippen LogP contribution in [0.3, 0.4) is 0 Å². The highest BCUT2D eigenvalue weighted by atomic mass is 19.4. The van der Waals surface area contributed by atoms with Crippen LogP contribution in [-0.2, 0) is 11.0 Å². The van der Waals surface area contributed by atoms with E-state index >= 15 is 0 Å². The van der Waals surface area contributed by atoms with Crippen molar-refractivity contribution in [1.29, 1.82) is 0 Å². The quantitative estimate of drug-likeness (QED) is 0.878. The van der Waals surface area contributed by atoms with Gasteiger partial charge >= 0.3 is 6.18 Å². The summed E-state index contributed by atoms with van der Waals surface area (Å²) in [6.07, 6.45) is -1.57. The number of alkyl halides is 3. The Morgan fingerprint density at radius 1 is 1.36 bits per heavy atom. The Morgan fingerprint density at radius 3 is 2.68 bits per heavy atom. The van der Waals surface area contributed by atoms with Gasteiger partial charge in [0.1, 0.15) is 0 Å². The zero-order chi connectivity index (χ0) is 15.9. The molecule has 2 saturated carbocycles. The predicted octanol–water partition coefficient (Wildman–Crippen LogP) is 2.66. The van der Waals surface area contributed by atoms with Crippen molar-refractivity contribution in [2.24, 2.45) is 17.6 Å². The molecular weight excluding hydrogens is 293 g/mol. The lowest BCUT2D eigenvalue weighted by atomic mass is 10.0. The van der Waals surface area contributed by atoms with E-state index < -0.39 is 11.7 Å². The average Bonchev–Trinajstić information content (AvgIpc) is 3.37. The lowest BCUT2D eigenvalue weighted by molar-refractivity contribution is -0.137. The number of amides is 1. The molecule has 0 spiro atoms. The van der Waals surface area contributed by atoms with Crippen molar-refractivity contribution in [2.75, 3.05) is 6.54 Å². The van der Waals surface area contributed by atoms with E-state index in [0.29, 0.717) is 24.4 Å². The molecule has 22 heavy (non-hydrogen) atoms. The SMILES string of the molecule is NCC(NC(=O)C1CC1c1cccc(C(F)(F)F)c1)C1CC1. The molecule has 3 rings (SSSR count). The van der Waals surface area contributed by atoms with Crippen LogP contribution in [0.1, 0.15) is 36.3 Å². The summed E-state index contributed by atoms with van der Waals surface area (Å²) in [7, 11) is 0. The molecule has 1 amide bonds. The number of nitrogens with one attached hydrogen (secondary N) is 1. The number of benzene rings is 1. The van der Waals surface area contributed by atoms with Crippen molar-refractivity contribution >= 4 is 5.91 Å². The summed E-state index contributed by atoms with van der Waals surface area (Å²) in [6, 6.07) is 5.28. The van der Waals surface area contributed by atoms with Gasteiger partial charge < -0.3 is 11.1 Å². The molecule has 2 aliphatic carbocycles. The average molecular weight is 312 g/mol. The van der Waals surface area contributed by atoms with E-state index in [1.54, 1.807) is 6.07 Å². The maximum atomic E-state index is 12.7. The van der Waals surface area contributed by atoms with Crippen LogP contribution < -0.4 is 11.1 Å². The molecule has 0 aliphatic heterocycles. The van der Waals surface area contributed by atoms with Gasteiger partial charge in [-0.15, -0.1) is 0 Å². The molecule has 3 unspecified atom stereocenters. The van der Waals surface area contributed by atoms with Crippen molar-refractivity contribution in [3.05, 3.63) is 35.4 Å². The largest absolute Gasteiger partial charge is 0.416 e. The minimum atomic E-state index is -4.35. The number of nitrogens with two attached hydrogens (primary N) is 1. The molecule has 3 N–H and O–H groups in total. The first kappa shape index (κ1) is 15.3. The first-order valence-corrected chi connectivity index (χ1v) is 7.57. The van der Waals surface area contributed by atoms with Crippen molar-refractivity contribution in [1.82, 2.24) is 5.32 Å². The van der Waals surface area contributed by atoms with Crippen LogP contribution in [0.25, 0.3) is 0 Å². The van der Waals surface area contributed by atoms with Gasteiger partial charge in [0.05, 0.1) is 5.56 Å². The van der Waals surface area contributed by atoms with E-state index in [4.69, 9.17) is 5.73 Å². The maximum absolute atomic E-state index is 12.7. The molecule has 2 aliphatic rings. The molecule has 0 aromatic heterocycles. The monoisotopic (exact) mass is 312 g/mol. The third-order valence-electron chi connectivity index (χ3n) is 4.54. The predicted molar refractivity (Wildman–Crippen MR) is 76.0 cm³/mol. The number of carbonyl (C=O) groups excluding carboxylic acids is 1. The van der Waals surface area contributed by atoms with Crippen LogP contribution in [0.15, 0.2) is 24.3 Å². The van der Waals surface area contributed by atoms with Gasteiger partial charge in [0.25, 0.3) is 0 Å². The number of hydrogen-bond donors (Lipinski definition) is 2. The van der Waals surface area contributed by atoms with Gasteiger partial charge in [0, 0.05) is 18.5 Å². The Labute approximate surface area is 127 Å². The highest BCUT2D eigenvalue weighted by Gasteiger charge is 2.46. The van der Waals surface area contributed by atoms with Gasteiger partial charge in [0.15, 0.2) is 0 Å². The number of rotatable bonds is 5. The van der Waals surface area contributed by atoms with Gasteiger partial charge in [0.2, 0.25) is 5.91 Å². The molecule has 1 aromatic rings. The third kappa shape index (κ3) is 3.27. The fraction of sp³-hybridized carbons (Fsp3) is 0.562. The van der Waals surface area contributed by atoms with Gasteiger partial charge in [-0.1, -0.05) is 18.2 Å². The Kier molecular flexibility index (Phi) is 3.89. The molecule has 0 bridgehead atoms. The minimum Gasteiger partial charge on any atom is -0.352 e. The number of hydrogen-bond acceptors (Lipinski definition) is 2. The summed E-state index contributed by atoms with van der Waals surface area (Å²) in [5, 5.41) is 2.95. The molecule has 3 atom stereocenters. The second kappa shape index (κ2) is 5.57. The third-order valence-corrected chi connectivity index (χ3v) is 4.54. The van der Waals surface area contributed by atoms with Gasteiger partial charge in [-0.05, 0) is 42.7 Å². The lowest BCUT2D eigenvalue weighted by Gasteiger charge is -2.16. The summed E-state index contributed by atoms with van der Waals surface area (Å²) in [4.78, 5) is 12.2. The van der Waals surface area contributed by atoms with Crippen LogP contribution in [0.5, 0.6) is 0 Å². The summed E-state index contributed by atoms with van der Waals surface area (Å²) >= 11 is 0. The van der Waals surface area contributed by atoms with Crippen molar-refractivity contribution in [3.8, 4) is 0 Å². The van der Waals surface area contributed by atoms with E-state index in [2.05, 4.69) is 5.32 Å². The summed E-state index contributed by atoms with van der Waals surface area (Å²) in [6.45, 7) is 0.414. The maximum Gasteiger partial charge on any atom is 0.416 e. The van der Waals surface area contributed by atoms with Crippen LogP contribution in [0.4, 0.5) is 13.2 Å². The topological polar surface area (TPSA) is 55.1 Å². The van der Waals surface area contributed by atoms with E-state index in [-0.39, 0.29) is 23.8 Å².